The monoisotopic (exact) mass is 378 g/mol. The van der Waals surface area contributed by atoms with E-state index in [-0.39, 0.29) is 11.8 Å². The minimum atomic E-state index is -0.244. The summed E-state index contributed by atoms with van der Waals surface area (Å²) in [5.41, 5.74) is 2.51. The van der Waals surface area contributed by atoms with Crippen molar-refractivity contribution in [2.45, 2.75) is 6.92 Å². The summed E-state index contributed by atoms with van der Waals surface area (Å²) in [5.74, 6) is -0.347. The Morgan fingerprint density at radius 2 is 1.44 bits per heavy atom. The first kappa shape index (κ1) is 18.7. The summed E-state index contributed by atoms with van der Waals surface area (Å²) in [5, 5.41) is 3.41. The van der Waals surface area contributed by atoms with Gasteiger partial charge in [0, 0.05) is 34.1 Å². The summed E-state index contributed by atoms with van der Waals surface area (Å²) in [6.07, 6.45) is 0. The predicted molar refractivity (Wildman–Crippen MR) is 110 cm³/mol. The van der Waals surface area contributed by atoms with Crippen LogP contribution in [0.4, 0.5) is 11.4 Å². The van der Waals surface area contributed by atoms with Crippen LogP contribution in [0, 0.1) is 0 Å². The number of carbonyl (C=O) groups is 2. The standard InChI is InChI=1S/C22H19ClN2O2/c1-2-25(20-6-4-3-5-7-20)22(27)17-10-8-16(9-11-17)21(26)24-19-14-12-18(23)13-15-19/h3-15H,2H2,1H3,(H,24,26). The van der Waals surface area contributed by atoms with Crippen molar-refractivity contribution in [2.75, 3.05) is 16.8 Å². The van der Waals surface area contributed by atoms with Gasteiger partial charge in [-0.2, -0.15) is 0 Å². The van der Waals surface area contributed by atoms with Crippen LogP contribution in [-0.4, -0.2) is 18.4 Å². The van der Waals surface area contributed by atoms with Crippen LogP contribution >= 0.6 is 11.6 Å². The van der Waals surface area contributed by atoms with Crippen molar-refractivity contribution >= 4 is 34.8 Å². The van der Waals surface area contributed by atoms with E-state index in [0.717, 1.165) is 5.69 Å². The molecule has 0 saturated heterocycles. The summed E-state index contributed by atoms with van der Waals surface area (Å²) in [6, 6.07) is 23.0. The minimum Gasteiger partial charge on any atom is -0.322 e. The molecule has 0 bridgehead atoms. The molecule has 0 fully saturated rings. The van der Waals surface area contributed by atoms with E-state index in [0.29, 0.717) is 28.4 Å². The molecule has 0 atom stereocenters. The Bertz CT molecular complexity index is 923. The number of halogens is 1. The van der Waals surface area contributed by atoms with Crippen molar-refractivity contribution < 1.29 is 9.59 Å². The van der Waals surface area contributed by atoms with E-state index in [1.807, 2.05) is 37.3 Å². The average Bonchev–Trinajstić information content (AvgIpc) is 2.71. The van der Waals surface area contributed by atoms with Crippen molar-refractivity contribution in [2.24, 2.45) is 0 Å². The van der Waals surface area contributed by atoms with E-state index < -0.39 is 0 Å². The van der Waals surface area contributed by atoms with E-state index in [1.54, 1.807) is 53.4 Å². The van der Waals surface area contributed by atoms with Gasteiger partial charge in [0.15, 0.2) is 0 Å². The van der Waals surface area contributed by atoms with Gasteiger partial charge >= 0.3 is 0 Å². The van der Waals surface area contributed by atoms with Gasteiger partial charge in [-0.05, 0) is 67.6 Å². The first-order chi connectivity index (χ1) is 13.1. The molecular weight excluding hydrogens is 360 g/mol. The summed E-state index contributed by atoms with van der Waals surface area (Å²) in [4.78, 5) is 26.8. The largest absolute Gasteiger partial charge is 0.322 e. The lowest BCUT2D eigenvalue weighted by Gasteiger charge is -2.21. The van der Waals surface area contributed by atoms with Gasteiger partial charge in [-0.25, -0.2) is 0 Å². The summed E-state index contributed by atoms with van der Waals surface area (Å²) >= 11 is 5.85. The molecule has 3 aromatic rings. The van der Waals surface area contributed by atoms with Crippen molar-refractivity contribution in [1.29, 1.82) is 0 Å². The highest BCUT2D eigenvalue weighted by Gasteiger charge is 2.16. The zero-order valence-corrected chi connectivity index (χ0v) is 15.6. The maximum atomic E-state index is 12.8. The van der Waals surface area contributed by atoms with Crippen LogP contribution in [0.25, 0.3) is 0 Å². The zero-order chi connectivity index (χ0) is 19.2. The van der Waals surface area contributed by atoms with Crippen LogP contribution in [0.15, 0.2) is 78.9 Å². The highest BCUT2D eigenvalue weighted by molar-refractivity contribution is 6.30. The number of nitrogens with zero attached hydrogens (tertiary/aromatic N) is 1. The van der Waals surface area contributed by atoms with E-state index in [2.05, 4.69) is 5.32 Å². The molecular formula is C22H19ClN2O2. The molecule has 0 spiro atoms. The minimum absolute atomic E-state index is 0.103. The van der Waals surface area contributed by atoms with Crippen molar-refractivity contribution in [3.05, 3.63) is 95.0 Å². The number of amides is 2. The maximum absolute atomic E-state index is 12.8. The second-order valence-corrected chi connectivity index (χ2v) is 6.36. The SMILES string of the molecule is CCN(C(=O)c1ccc(C(=O)Nc2ccc(Cl)cc2)cc1)c1ccccc1. The molecule has 4 nitrogen and oxygen atoms in total. The predicted octanol–water partition coefficient (Wildman–Crippen LogP) is 5.26. The summed E-state index contributed by atoms with van der Waals surface area (Å²) < 4.78 is 0. The highest BCUT2D eigenvalue weighted by atomic mass is 35.5. The fourth-order valence-electron chi connectivity index (χ4n) is 2.71. The Labute approximate surface area is 163 Å². The molecule has 136 valence electrons. The number of carbonyl (C=O) groups excluding carboxylic acids is 2. The second-order valence-electron chi connectivity index (χ2n) is 5.92. The van der Waals surface area contributed by atoms with Gasteiger partial charge in [-0.15, -0.1) is 0 Å². The molecule has 0 aliphatic heterocycles. The number of nitrogens with one attached hydrogen (secondary N) is 1. The third-order valence-electron chi connectivity index (χ3n) is 4.13. The lowest BCUT2D eigenvalue weighted by atomic mass is 10.1. The molecule has 0 heterocycles. The first-order valence-electron chi connectivity index (χ1n) is 8.62. The topological polar surface area (TPSA) is 49.4 Å². The number of benzene rings is 3. The molecule has 27 heavy (non-hydrogen) atoms. The van der Waals surface area contributed by atoms with Crippen molar-refractivity contribution in [3.8, 4) is 0 Å². The van der Waals surface area contributed by atoms with Gasteiger partial charge in [0.05, 0.1) is 0 Å². The van der Waals surface area contributed by atoms with E-state index in [4.69, 9.17) is 11.6 Å². The zero-order valence-electron chi connectivity index (χ0n) is 14.9. The quantitative estimate of drug-likeness (QED) is 0.658. The van der Waals surface area contributed by atoms with Gasteiger partial charge in [-0.1, -0.05) is 29.8 Å². The lowest BCUT2D eigenvalue weighted by Crippen LogP contribution is -2.30. The van der Waals surface area contributed by atoms with Crippen LogP contribution in [0.2, 0.25) is 5.02 Å². The maximum Gasteiger partial charge on any atom is 0.258 e. The number of hydrogen-bond acceptors (Lipinski definition) is 2. The Hall–Kier alpha value is -3.11. The Balaban J connectivity index is 1.73. The van der Waals surface area contributed by atoms with Gasteiger partial charge in [0.25, 0.3) is 11.8 Å². The Kier molecular flexibility index (Phi) is 5.89. The number of hydrogen-bond donors (Lipinski definition) is 1. The average molecular weight is 379 g/mol. The van der Waals surface area contributed by atoms with Crippen LogP contribution in [-0.2, 0) is 0 Å². The molecule has 0 radical (unpaired) electrons. The van der Waals surface area contributed by atoms with Crippen molar-refractivity contribution in [3.63, 3.8) is 0 Å². The highest BCUT2D eigenvalue weighted by Crippen LogP contribution is 2.18. The van der Waals surface area contributed by atoms with Crippen LogP contribution in [0.3, 0.4) is 0 Å². The molecule has 3 aromatic carbocycles. The Morgan fingerprint density at radius 1 is 0.852 bits per heavy atom. The number of anilines is 2. The van der Waals surface area contributed by atoms with Crippen LogP contribution in [0.5, 0.6) is 0 Å². The second kappa shape index (κ2) is 8.52. The number of para-hydroxylation sites is 1. The fourth-order valence-corrected chi connectivity index (χ4v) is 2.83. The molecule has 0 aliphatic carbocycles. The molecule has 0 unspecified atom stereocenters. The molecule has 2 amide bonds. The lowest BCUT2D eigenvalue weighted by molar-refractivity contribution is 0.0985. The Morgan fingerprint density at radius 3 is 2.04 bits per heavy atom. The van der Waals surface area contributed by atoms with E-state index in [1.165, 1.54) is 0 Å². The third kappa shape index (κ3) is 4.54. The van der Waals surface area contributed by atoms with Gasteiger partial charge < -0.3 is 10.2 Å². The molecule has 1 N–H and O–H groups in total. The smallest absolute Gasteiger partial charge is 0.258 e. The first-order valence-corrected chi connectivity index (χ1v) is 9.00. The normalized spacial score (nSPS) is 10.3. The molecule has 3 rings (SSSR count). The summed E-state index contributed by atoms with van der Waals surface area (Å²) in [7, 11) is 0. The summed E-state index contributed by atoms with van der Waals surface area (Å²) in [6.45, 7) is 2.49. The van der Waals surface area contributed by atoms with E-state index >= 15 is 0 Å². The van der Waals surface area contributed by atoms with Crippen LogP contribution < -0.4 is 10.2 Å². The van der Waals surface area contributed by atoms with Crippen LogP contribution in [0.1, 0.15) is 27.6 Å². The van der Waals surface area contributed by atoms with Gasteiger partial charge in [-0.3, -0.25) is 9.59 Å². The molecule has 0 aromatic heterocycles. The number of rotatable bonds is 5. The molecule has 0 aliphatic rings. The van der Waals surface area contributed by atoms with Gasteiger partial charge in [0.1, 0.15) is 0 Å². The van der Waals surface area contributed by atoms with Crippen molar-refractivity contribution in [1.82, 2.24) is 0 Å². The third-order valence-corrected chi connectivity index (χ3v) is 4.38. The van der Waals surface area contributed by atoms with E-state index in [9.17, 15) is 9.59 Å². The molecule has 5 heteroatoms. The molecule has 0 saturated carbocycles. The fraction of sp³-hybridized carbons (Fsp3) is 0.0909. The van der Waals surface area contributed by atoms with Gasteiger partial charge in [0.2, 0.25) is 0 Å².